The third-order valence-corrected chi connectivity index (χ3v) is 7.68. The number of aromatic nitrogens is 3. The van der Waals surface area contributed by atoms with E-state index >= 15 is 0 Å². The van der Waals surface area contributed by atoms with E-state index in [0.29, 0.717) is 37.9 Å². The number of ether oxygens (including phenoxy) is 1. The van der Waals surface area contributed by atoms with Gasteiger partial charge >= 0.3 is 5.97 Å². The number of benzene rings is 1. The maximum absolute atomic E-state index is 13.6. The monoisotopic (exact) mass is 580 g/mol. The molecular formula is C31H38F2N6O3. The third-order valence-electron chi connectivity index (χ3n) is 7.68. The molecule has 3 N–H and O–H groups in total. The molecular weight excluding hydrogens is 542 g/mol. The molecule has 1 saturated carbocycles. The van der Waals surface area contributed by atoms with Crippen LogP contribution in [0.3, 0.4) is 0 Å². The normalized spacial score (nSPS) is 15.1. The molecule has 1 fully saturated rings. The van der Waals surface area contributed by atoms with E-state index < -0.39 is 23.6 Å². The van der Waals surface area contributed by atoms with E-state index in [1.165, 1.54) is 5.56 Å². The summed E-state index contributed by atoms with van der Waals surface area (Å²) in [6, 6.07) is 6.47. The first-order valence-corrected chi connectivity index (χ1v) is 14.8. The van der Waals surface area contributed by atoms with Gasteiger partial charge in [0.2, 0.25) is 5.95 Å². The van der Waals surface area contributed by atoms with Crippen LogP contribution in [0.15, 0.2) is 42.7 Å². The Labute approximate surface area is 244 Å². The second-order valence-corrected chi connectivity index (χ2v) is 11.0. The van der Waals surface area contributed by atoms with Crippen LogP contribution in [0.25, 0.3) is 0 Å². The summed E-state index contributed by atoms with van der Waals surface area (Å²) in [5.41, 5.74) is 3.40. The molecule has 0 amide bonds. The molecule has 42 heavy (non-hydrogen) atoms. The first kappa shape index (κ1) is 29.6. The molecule has 2 aliphatic rings. The highest BCUT2D eigenvalue weighted by Gasteiger charge is 2.25. The van der Waals surface area contributed by atoms with E-state index in [-0.39, 0.29) is 12.4 Å². The number of halogens is 2. The molecule has 2 aromatic heterocycles. The predicted molar refractivity (Wildman–Crippen MR) is 156 cm³/mol. The van der Waals surface area contributed by atoms with Crippen LogP contribution in [0.5, 0.6) is 5.75 Å². The third kappa shape index (κ3) is 8.82. The average Bonchev–Trinajstić information content (AvgIpc) is 3.82. The molecule has 1 aliphatic carbocycles. The lowest BCUT2D eigenvalue weighted by molar-refractivity contribution is -0.138. The minimum atomic E-state index is -0.983. The van der Waals surface area contributed by atoms with Gasteiger partial charge in [-0.05, 0) is 81.0 Å². The number of aryl methyl sites for hydroxylation is 2. The molecule has 1 aromatic carbocycles. The van der Waals surface area contributed by atoms with Crippen molar-refractivity contribution in [1.82, 2.24) is 19.9 Å². The summed E-state index contributed by atoms with van der Waals surface area (Å²) in [5.74, 6) is -0.453. The molecule has 3 heterocycles. The standard InChI is InChI=1S/C31H38F2N6O3/c32-24-16-25(33)18-27(17-24)42-15-14-39(12-2-1-5-26-9-8-22-4-3-11-34-29(22)37-26)13-10-28(30(40)41)38-31-35-19-23(20-36-31)21-6-7-21/h8-9,16-21,28H,1-7,10-15H2,(H,34,37)(H,40,41)(H,35,36,38). The molecule has 9 nitrogen and oxygen atoms in total. The zero-order chi connectivity index (χ0) is 29.3. The number of carboxylic acids is 1. The number of hydrogen-bond donors (Lipinski definition) is 3. The first-order chi connectivity index (χ1) is 20.4. The molecule has 0 radical (unpaired) electrons. The van der Waals surface area contributed by atoms with Gasteiger partial charge in [-0.2, -0.15) is 0 Å². The first-order valence-electron chi connectivity index (χ1n) is 14.8. The maximum Gasteiger partial charge on any atom is 0.326 e. The maximum atomic E-state index is 13.6. The second-order valence-electron chi connectivity index (χ2n) is 11.0. The minimum Gasteiger partial charge on any atom is -0.492 e. The summed E-state index contributed by atoms with van der Waals surface area (Å²) >= 11 is 0. The van der Waals surface area contributed by atoms with E-state index in [1.54, 1.807) is 12.4 Å². The fourth-order valence-electron chi connectivity index (χ4n) is 5.15. The van der Waals surface area contributed by atoms with Gasteiger partial charge in [-0.15, -0.1) is 0 Å². The second kappa shape index (κ2) is 14.4. The Morgan fingerprint density at radius 1 is 1.10 bits per heavy atom. The number of unbranched alkanes of at least 4 members (excludes halogenated alkanes) is 1. The predicted octanol–water partition coefficient (Wildman–Crippen LogP) is 5.04. The SMILES string of the molecule is O=C(O)C(CCN(CCCCc1ccc2c(n1)NCCC2)CCOc1cc(F)cc(F)c1)Nc1ncc(C2CC2)cn1. The topological polar surface area (TPSA) is 112 Å². The Morgan fingerprint density at radius 3 is 2.62 bits per heavy atom. The van der Waals surface area contributed by atoms with Crippen molar-refractivity contribution >= 4 is 17.7 Å². The summed E-state index contributed by atoms with van der Waals surface area (Å²) in [6.07, 6.45) is 10.9. The quantitative estimate of drug-likeness (QED) is 0.201. The van der Waals surface area contributed by atoms with Gasteiger partial charge in [-0.1, -0.05) is 6.07 Å². The van der Waals surface area contributed by atoms with Crippen molar-refractivity contribution in [1.29, 1.82) is 0 Å². The van der Waals surface area contributed by atoms with Crippen LogP contribution in [0.4, 0.5) is 20.5 Å². The van der Waals surface area contributed by atoms with Crippen molar-refractivity contribution in [3.63, 3.8) is 0 Å². The Morgan fingerprint density at radius 2 is 1.88 bits per heavy atom. The van der Waals surface area contributed by atoms with Crippen molar-refractivity contribution in [2.24, 2.45) is 0 Å². The number of carbonyl (C=O) groups is 1. The molecule has 224 valence electrons. The van der Waals surface area contributed by atoms with Gasteiger partial charge in [0, 0.05) is 55.9 Å². The number of hydrogen-bond acceptors (Lipinski definition) is 8. The number of carboxylic acid groups (broad SMARTS) is 1. The smallest absolute Gasteiger partial charge is 0.326 e. The van der Waals surface area contributed by atoms with Gasteiger partial charge in [0.1, 0.15) is 35.9 Å². The molecule has 1 unspecified atom stereocenters. The fourth-order valence-corrected chi connectivity index (χ4v) is 5.15. The van der Waals surface area contributed by atoms with Gasteiger partial charge in [0.25, 0.3) is 0 Å². The minimum absolute atomic E-state index is 0.122. The molecule has 11 heteroatoms. The van der Waals surface area contributed by atoms with Gasteiger partial charge < -0.3 is 20.5 Å². The lowest BCUT2D eigenvalue weighted by Gasteiger charge is -2.24. The molecule has 0 saturated heterocycles. The van der Waals surface area contributed by atoms with Crippen molar-refractivity contribution in [3.8, 4) is 5.75 Å². The van der Waals surface area contributed by atoms with Gasteiger partial charge in [-0.25, -0.2) is 28.5 Å². The molecule has 5 rings (SSSR count). The van der Waals surface area contributed by atoms with E-state index in [2.05, 4.69) is 37.6 Å². The van der Waals surface area contributed by atoms with Crippen molar-refractivity contribution < 1.29 is 23.4 Å². The number of rotatable bonds is 16. The summed E-state index contributed by atoms with van der Waals surface area (Å²) in [6.45, 7) is 2.82. The van der Waals surface area contributed by atoms with Crippen molar-refractivity contribution in [3.05, 3.63) is 71.2 Å². The summed E-state index contributed by atoms with van der Waals surface area (Å²) in [4.78, 5) is 27.6. The highest BCUT2D eigenvalue weighted by molar-refractivity contribution is 5.76. The van der Waals surface area contributed by atoms with E-state index in [1.807, 2.05) is 0 Å². The summed E-state index contributed by atoms with van der Waals surface area (Å²) in [7, 11) is 0. The van der Waals surface area contributed by atoms with Gasteiger partial charge in [-0.3, -0.25) is 4.90 Å². The lowest BCUT2D eigenvalue weighted by Crippen LogP contribution is -2.37. The molecule has 1 atom stereocenters. The van der Waals surface area contributed by atoms with Gasteiger partial charge in [0.05, 0.1) is 0 Å². The number of anilines is 2. The van der Waals surface area contributed by atoms with Crippen LogP contribution in [0.2, 0.25) is 0 Å². The number of nitrogens with one attached hydrogen (secondary N) is 2. The number of nitrogens with zero attached hydrogens (tertiary/aromatic N) is 4. The van der Waals surface area contributed by atoms with Crippen LogP contribution >= 0.6 is 0 Å². The largest absolute Gasteiger partial charge is 0.492 e. The van der Waals surface area contributed by atoms with E-state index in [4.69, 9.17) is 9.72 Å². The average molecular weight is 581 g/mol. The Bertz CT molecular complexity index is 1320. The highest BCUT2D eigenvalue weighted by Crippen LogP contribution is 2.39. The van der Waals surface area contributed by atoms with Crippen LogP contribution in [0, 0.1) is 11.6 Å². The number of pyridine rings is 1. The Kier molecular flexibility index (Phi) is 10.1. The van der Waals surface area contributed by atoms with E-state index in [0.717, 1.165) is 86.8 Å². The zero-order valence-electron chi connectivity index (χ0n) is 23.7. The van der Waals surface area contributed by atoms with Crippen LogP contribution in [0.1, 0.15) is 61.3 Å². The fraction of sp³-hybridized carbons (Fsp3) is 0.484. The van der Waals surface area contributed by atoms with Crippen LogP contribution < -0.4 is 15.4 Å². The zero-order valence-corrected chi connectivity index (χ0v) is 23.7. The van der Waals surface area contributed by atoms with Gasteiger partial charge in [0.15, 0.2) is 0 Å². The Hall–Kier alpha value is -3.86. The Balaban J connectivity index is 1.14. The van der Waals surface area contributed by atoms with E-state index in [9.17, 15) is 18.7 Å². The summed E-state index contributed by atoms with van der Waals surface area (Å²) < 4.78 is 32.8. The molecule has 0 spiro atoms. The number of aliphatic carboxylic acids is 1. The van der Waals surface area contributed by atoms with Crippen molar-refractivity contribution in [2.75, 3.05) is 43.4 Å². The number of fused-ring (bicyclic) bond motifs is 1. The molecule has 1 aliphatic heterocycles. The highest BCUT2D eigenvalue weighted by atomic mass is 19.1. The van der Waals surface area contributed by atoms with Crippen LogP contribution in [-0.2, 0) is 17.6 Å². The summed E-state index contributed by atoms with van der Waals surface area (Å²) in [5, 5.41) is 16.2. The molecule has 3 aromatic rings. The van der Waals surface area contributed by atoms with Crippen molar-refractivity contribution in [2.45, 2.75) is 63.3 Å². The van der Waals surface area contributed by atoms with Crippen LogP contribution in [-0.4, -0.2) is 69.8 Å². The molecule has 0 bridgehead atoms. The lowest BCUT2D eigenvalue weighted by atomic mass is 10.1.